The first-order chi connectivity index (χ1) is 10.8. The van der Waals surface area contributed by atoms with Crippen molar-refractivity contribution >= 4 is 23.1 Å². The maximum absolute atomic E-state index is 5.66. The van der Waals surface area contributed by atoms with E-state index in [0.717, 1.165) is 21.9 Å². The van der Waals surface area contributed by atoms with Crippen molar-refractivity contribution in [3.63, 3.8) is 0 Å². The molecule has 0 radical (unpaired) electrons. The normalized spacial score (nSPS) is 10.6. The van der Waals surface area contributed by atoms with Gasteiger partial charge in [0.15, 0.2) is 0 Å². The SMILES string of the molecule is COc1ccc(OC)c(CSc2nnc(-c3cccs3)o2)c1. The highest BCUT2D eigenvalue weighted by molar-refractivity contribution is 7.98. The van der Waals surface area contributed by atoms with E-state index in [-0.39, 0.29) is 0 Å². The lowest BCUT2D eigenvalue weighted by molar-refractivity contribution is 0.400. The number of benzene rings is 1. The predicted octanol–water partition coefficient (Wildman–Crippen LogP) is 4.11. The Balaban J connectivity index is 1.72. The van der Waals surface area contributed by atoms with Crippen molar-refractivity contribution in [3.8, 4) is 22.3 Å². The summed E-state index contributed by atoms with van der Waals surface area (Å²) in [7, 11) is 3.29. The fraction of sp³-hybridized carbons (Fsp3) is 0.200. The summed E-state index contributed by atoms with van der Waals surface area (Å²) in [5, 5.41) is 10.6. The summed E-state index contributed by atoms with van der Waals surface area (Å²) in [6.45, 7) is 0. The van der Waals surface area contributed by atoms with Crippen molar-refractivity contribution in [2.45, 2.75) is 11.0 Å². The number of thioether (sulfide) groups is 1. The van der Waals surface area contributed by atoms with Crippen LogP contribution in [0, 0.1) is 0 Å². The zero-order valence-electron chi connectivity index (χ0n) is 12.1. The quantitative estimate of drug-likeness (QED) is 0.632. The Kier molecular flexibility index (Phi) is 4.65. The first kappa shape index (κ1) is 14.9. The molecule has 3 aromatic rings. The smallest absolute Gasteiger partial charge is 0.277 e. The van der Waals surface area contributed by atoms with Gasteiger partial charge in [-0.3, -0.25) is 0 Å². The summed E-state index contributed by atoms with van der Waals surface area (Å²) < 4.78 is 16.3. The average Bonchev–Trinajstić information content (AvgIpc) is 3.23. The van der Waals surface area contributed by atoms with Crippen molar-refractivity contribution in [2.75, 3.05) is 14.2 Å². The topological polar surface area (TPSA) is 57.4 Å². The molecule has 0 fully saturated rings. The summed E-state index contributed by atoms with van der Waals surface area (Å²) in [4.78, 5) is 0.971. The highest BCUT2D eigenvalue weighted by Crippen LogP contribution is 2.32. The second-order valence-corrected chi connectivity index (χ2v) is 6.19. The molecule has 0 bridgehead atoms. The lowest BCUT2D eigenvalue weighted by atomic mass is 10.2. The predicted molar refractivity (Wildman–Crippen MR) is 86.7 cm³/mol. The molecule has 7 heteroatoms. The first-order valence-electron chi connectivity index (χ1n) is 6.51. The van der Waals surface area contributed by atoms with Crippen LogP contribution in [0.1, 0.15) is 5.56 Å². The molecule has 2 aromatic heterocycles. The second-order valence-electron chi connectivity index (χ2n) is 4.32. The molecule has 0 aliphatic heterocycles. The molecule has 114 valence electrons. The van der Waals surface area contributed by atoms with Crippen LogP contribution < -0.4 is 9.47 Å². The van der Waals surface area contributed by atoms with Crippen molar-refractivity contribution in [1.29, 1.82) is 0 Å². The van der Waals surface area contributed by atoms with Crippen molar-refractivity contribution in [1.82, 2.24) is 10.2 Å². The Morgan fingerprint density at radius 3 is 2.82 bits per heavy atom. The largest absolute Gasteiger partial charge is 0.497 e. The van der Waals surface area contributed by atoms with Gasteiger partial charge < -0.3 is 13.9 Å². The molecule has 0 N–H and O–H groups in total. The van der Waals surface area contributed by atoms with Gasteiger partial charge in [-0.05, 0) is 29.6 Å². The van der Waals surface area contributed by atoms with Gasteiger partial charge in [0.1, 0.15) is 11.5 Å². The molecule has 5 nitrogen and oxygen atoms in total. The molecule has 1 aromatic carbocycles. The van der Waals surface area contributed by atoms with E-state index in [0.29, 0.717) is 16.9 Å². The Morgan fingerprint density at radius 1 is 1.18 bits per heavy atom. The fourth-order valence-electron chi connectivity index (χ4n) is 1.90. The number of rotatable bonds is 6. The van der Waals surface area contributed by atoms with Gasteiger partial charge in [-0.1, -0.05) is 17.8 Å². The molecular formula is C15H14N2O3S2. The van der Waals surface area contributed by atoms with E-state index in [4.69, 9.17) is 13.9 Å². The number of nitrogens with zero attached hydrogens (tertiary/aromatic N) is 2. The van der Waals surface area contributed by atoms with Gasteiger partial charge in [0, 0.05) is 11.3 Å². The fourth-order valence-corrected chi connectivity index (χ4v) is 3.29. The van der Waals surface area contributed by atoms with Gasteiger partial charge in [0.2, 0.25) is 0 Å². The number of thiophene rings is 1. The van der Waals surface area contributed by atoms with Crippen LogP contribution in [0.2, 0.25) is 0 Å². The molecule has 0 unspecified atom stereocenters. The maximum atomic E-state index is 5.66. The van der Waals surface area contributed by atoms with Crippen LogP contribution in [0.5, 0.6) is 11.5 Å². The zero-order valence-corrected chi connectivity index (χ0v) is 13.7. The summed E-state index contributed by atoms with van der Waals surface area (Å²) in [6.07, 6.45) is 0. The number of hydrogen-bond donors (Lipinski definition) is 0. The number of ether oxygens (including phenoxy) is 2. The lowest BCUT2D eigenvalue weighted by Crippen LogP contribution is -1.92. The van der Waals surface area contributed by atoms with E-state index in [1.807, 2.05) is 35.7 Å². The molecule has 0 aliphatic carbocycles. The molecule has 0 saturated carbocycles. The van der Waals surface area contributed by atoms with Crippen molar-refractivity contribution < 1.29 is 13.9 Å². The van der Waals surface area contributed by atoms with Gasteiger partial charge in [0.25, 0.3) is 11.1 Å². The van der Waals surface area contributed by atoms with Crippen LogP contribution >= 0.6 is 23.1 Å². The van der Waals surface area contributed by atoms with E-state index < -0.39 is 0 Å². The summed E-state index contributed by atoms with van der Waals surface area (Å²) in [6, 6.07) is 9.62. The minimum absolute atomic E-state index is 0.535. The third-order valence-corrected chi connectivity index (χ3v) is 4.70. The first-order valence-corrected chi connectivity index (χ1v) is 8.38. The van der Waals surface area contributed by atoms with E-state index in [1.165, 1.54) is 11.8 Å². The monoisotopic (exact) mass is 334 g/mol. The molecular weight excluding hydrogens is 320 g/mol. The van der Waals surface area contributed by atoms with Gasteiger partial charge in [-0.15, -0.1) is 21.5 Å². The minimum Gasteiger partial charge on any atom is -0.497 e. The van der Waals surface area contributed by atoms with E-state index in [2.05, 4.69) is 10.2 Å². The van der Waals surface area contributed by atoms with E-state index in [9.17, 15) is 0 Å². The molecule has 0 amide bonds. The highest BCUT2D eigenvalue weighted by atomic mass is 32.2. The third kappa shape index (κ3) is 3.26. The summed E-state index contributed by atoms with van der Waals surface area (Å²) in [5.41, 5.74) is 1.02. The zero-order chi connectivity index (χ0) is 15.4. The van der Waals surface area contributed by atoms with Crippen molar-refractivity contribution in [2.24, 2.45) is 0 Å². The van der Waals surface area contributed by atoms with E-state index >= 15 is 0 Å². The molecule has 22 heavy (non-hydrogen) atoms. The second kappa shape index (κ2) is 6.85. The Morgan fingerprint density at radius 2 is 2.09 bits per heavy atom. The van der Waals surface area contributed by atoms with Crippen LogP contribution in [0.3, 0.4) is 0 Å². The average molecular weight is 334 g/mol. The van der Waals surface area contributed by atoms with Gasteiger partial charge in [0.05, 0.1) is 19.1 Å². The van der Waals surface area contributed by atoms with Crippen LogP contribution in [0.15, 0.2) is 45.4 Å². The molecule has 0 saturated heterocycles. The Hall–Kier alpha value is -1.99. The molecule has 0 atom stereocenters. The van der Waals surface area contributed by atoms with Gasteiger partial charge in [-0.2, -0.15) is 0 Å². The van der Waals surface area contributed by atoms with Crippen molar-refractivity contribution in [3.05, 3.63) is 41.3 Å². The summed E-state index contributed by atoms with van der Waals surface area (Å²) >= 11 is 3.04. The number of hydrogen-bond acceptors (Lipinski definition) is 7. The Bertz CT molecular complexity index is 741. The standard InChI is InChI=1S/C15H14N2O3S2/c1-18-11-5-6-12(19-2)10(8-11)9-22-15-17-16-14(20-15)13-4-3-7-21-13/h3-8H,9H2,1-2H3. The molecule has 3 rings (SSSR count). The van der Waals surface area contributed by atoms with Crippen LogP contribution in [-0.4, -0.2) is 24.4 Å². The summed E-state index contributed by atoms with van der Waals surface area (Å²) in [5.74, 6) is 2.81. The maximum Gasteiger partial charge on any atom is 0.277 e. The number of aromatic nitrogens is 2. The number of methoxy groups -OCH3 is 2. The van der Waals surface area contributed by atoms with Crippen LogP contribution in [0.4, 0.5) is 0 Å². The highest BCUT2D eigenvalue weighted by Gasteiger charge is 2.12. The van der Waals surface area contributed by atoms with Crippen LogP contribution in [0.25, 0.3) is 10.8 Å². The molecule has 0 spiro atoms. The molecule has 0 aliphatic rings. The van der Waals surface area contributed by atoms with Crippen LogP contribution in [-0.2, 0) is 5.75 Å². The Labute approximate surface area is 136 Å². The lowest BCUT2D eigenvalue weighted by Gasteiger charge is -2.09. The molecule has 2 heterocycles. The van der Waals surface area contributed by atoms with E-state index in [1.54, 1.807) is 25.6 Å². The third-order valence-electron chi connectivity index (χ3n) is 2.98. The minimum atomic E-state index is 0.535. The van der Waals surface area contributed by atoms with Gasteiger partial charge in [-0.25, -0.2) is 0 Å². The van der Waals surface area contributed by atoms with Gasteiger partial charge >= 0.3 is 0 Å².